The smallest absolute Gasteiger partial charge is 0.289 e. The van der Waals surface area contributed by atoms with Gasteiger partial charge in [-0.3, -0.25) is 4.79 Å². The molecular formula is C20H17ClN2O2. The predicted octanol–water partition coefficient (Wildman–Crippen LogP) is 4.46. The molecule has 1 saturated carbocycles. The molecule has 2 aromatic carbocycles. The normalized spacial score (nSPS) is 14.9. The third-order valence-corrected chi connectivity index (χ3v) is 4.95. The second-order valence-electron chi connectivity index (χ2n) is 6.41. The number of rotatable bonds is 5. The zero-order valence-corrected chi connectivity index (χ0v) is 14.3. The first-order chi connectivity index (χ1) is 12.2. The molecule has 1 aliphatic carbocycles. The molecule has 1 aliphatic rings. The van der Waals surface area contributed by atoms with E-state index in [4.69, 9.17) is 16.1 Å². The van der Waals surface area contributed by atoms with Gasteiger partial charge in [-0.1, -0.05) is 59.2 Å². The summed E-state index contributed by atoms with van der Waals surface area (Å²) in [6.45, 7) is 0.578. The van der Waals surface area contributed by atoms with Crippen molar-refractivity contribution in [1.29, 1.82) is 0 Å². The number of hydrogen-bond acceptors (Lipinski definition) is 3. The van der Waals surface area contributed by atoms with Crippen molar-refractivity contribution in [2.75, 3.05) is 6.54 Å². The molecule has 126 valence electrons. The topological polar surface area (TPSA) is 55.1 Å². The molecule has 1 fully saturated rings. The summed E-state index contributed by atoms with van der Waals surface area (Å²) in [6, 6.07) is 19.2. The largest absolute Gasteiger partial charge is 0.350 e. The number of amides is 1. The van der Waals surface area contributed by atoms with E-state index >= 15 is 0 Å². The van der Waals surface area contributed by atoms with E-state index in [1.54, 1.807) is 6.07 Å². The summed E-state index contributed by atoms with van der Waals surface area (Å²) < 4.78 is 5.21. The zero-order chi connectivity index (χ0) is 17.3. The van der Waals surface area contributed by atoms with Crippen LogP contribution in [0, 0.1) is 0 Å². The molecule has 25 heavy (non-hydrogen) atoms. The molecular weight excluding hydrogens is 336 g/mol. The van der Waals surface area contributed by atoms with Crippen LogP contribution in [-0.4, -0.2) is 17.6 Å². The Morgan fingerprint density at radius 2 is 1.84 bits per heavy atom. The van der Waals surface area contributed by atoms with Crippen LogP contribution >= 0.6 is 11.6 Å². The SMILES string of the molecule is O=C(NCC1(c2ccc(Cl)cc2)CC1)c1cc(-c2ccccc2)no1. The van der Waals surface area contributed by atoms with Crippen LogP contribution in [0.1, 0.15) is 29.0 Å². The Hall–Kier alpha value is -2.59. The van der Waals surface area contributed by atoms with Gasteiger partial charge in [0.25, 0.3) is 5.91 Å². The Labute approximate surface area is 150 Å². The van der Waals surface area contributed by atoms with Crippen LogP contribution in [0.25, 0.3) is 11.3 Å². The maximum absolute atomic E-state index is 12.4. The highest BCUT2D eigenvalue weighted by Crippen LogP contribution is 2.47. The van der Waals surface area contributed by atoms with Crippen molar-refractivity contribution in [2.45, 2.75) is 18.3 Å². The van der Waals surface area contributed by atoms with Gasteiger partial charge < -0.3 is 9.84 Å². The Morgan fingerprint density at radius 3 is 2.52 bits per heavy atom. The molecule has 1 amide bonds. The first-order valence-electron chi connectivity index (χ1n) is 8.23. The molecule has 0 unspecified atom stereocenters. The molecule has 5 heteroatoms. The minimum absolute atomic E-state index is 0.0164. The van der Waals surface area contributed by atoms with Gasteiger partial charge >= 0.3 is 0 Å². The first kappa shape index (κ1) is 15.9. The van der Waals surface area contributed by atoms with Crippen LogP contribution in [0.4, 0.5) is 0 Å². The number of halogens is 1. The second-order valence-corrected chi connectivity index (χ2v) is 6.85. The van der Waals surface area contributed by atoms with Crippen molar-refractivity contribution in [1.82, 2.24) is 10.5 Å². The number of nitrogens with one attached hydrogen (secondary N) is 1. The number of aromatic nitrogens is 1. The summed E-state index contributed by atoms with van der Waals surface area (Å²) in [5.41, 5.74) is 2.80. The molecule has 1 N–H and O–H groups in total. The lowest BCUT2D eigenvalue weighted by Crippen LogP contribution is -2.32. The summed E-state index contributed by atoms with van der Waals surface area (Å²) in [5, 5.41) is 7.68. The number of nitrogens with zero attached hydrogens (tertiary/aromatic N) is 1. The molecule has 0 saturated heterocycles. The van der Waals surface area contributed by atoms with Crippen molar-refractivity contribution in [3.8, 4) is 11.3 Å². The van der Waals surface area contributed by atoms with Gasteiger partial charge in [-0.05, 0) is 30.5 Å². The van der Waals surface area contributed by atoms with Crippen LogP contribution in [-0.2, 0) is 5.41 Å². The van der Waals surface area contributed by atoms with Crippen molar-refractivity contribution in [2.24, 2.45) is 0 Å². The molecule has 0 bridgehead atoms. The highest BCUT2D eigenvalue weighted by molar-refractivity contribution is 6.30. The average molecular weight is 353 g/mol. The van der Waals surface area contributed by atoms with Gasteiger partial charge in [0.1, 0.15) is 5.69 Å². The fourth-order valence-corrected chi connectivity index (χ4v) is 3.11. The van der Waals surface area contributed by atoms with E-state index in [0.717, 1.165) is 23.4 Å². The van der Waals surface area contributed by atoms with Gasteiger partial charge in [-0.2, -0.15) is 0 Å². The molecule has 0 spiro atoms. The van der Waals surface area contributed by atoms with Crippen LogP contribution in [0.2, 0.25) is 5.02 Å². The van der Waals surface area contributed by atoms with Crippen LogP contribution in [0.5, 0.6) is 0 Å². The fourth-order valence-electron chi connectivity index (χ4n) is 2.99. The average Bonchev–Trinajstić information content (AvgIpc) is 3.27. The lowest BCUT2D eigenvalue weighted by Gasteiger charge is -2.16. The molecule has 4 rings (SSSR count). The van der Waals surface area contributed by atoms with Crippen molar-refractivity contribution < 1.29 is 9.32 Å². The van der Waals surface area contributed by atoms with Gasteiger partial charge in [0, 0.05) is 28.6 Å². The molecule has 4 nitrogen and oxygen atoms in total. The number of hydrogen-bond donors (Lipinski definition) is 1. The maximum atomic E-state index is 12.4. The number of carbonyl (C=O) groups is 1. The lowest BCUT2D eigenvalue weighted by atomic mass is 9.96. The van der Waals surface area contributed by atoms with Crippen LogP contribution in [0.15, 0.2) is 65.2 Å². The van der Waals surface area contributed by atoms with E-state index in [1.165, 1.54) is 5.56 Å². The monoisotopic (exact) mass is 352 g/mol. The molecule has 1 heterocycles. The van der Waals surface area contributed by atoms with E-state index < -0.39 is 0 Å². The molecule has 1 aromatic heterocycles. The Bertz CT molecular complexity index is 884. The summed E-state index contributed by atoms with van der Waals surface area (Å²) >= 11 is 5.95. The highest BCUT2D eigenvalue weighted by atomic mass is 35.5. The summed E-state index contributed by atoms with van der Waals surface area (Å²) in [7, 11) is 0. The van der Waals surface area contributed by atoms with Gasteiger partial charge in [0.2, 0.25) is 5.76 Å². The molecule has 0 radical (unpaired) electrons. The van der Waals surface area contributed by atoms with E-state index in [1.807, 2.05) is 54.6 Å². The summed E-state index contributed by atoms with van der Waals surface area (Å²) in [4.78, 5) is 12.4. The molecule has 0 atom stereocenters. The minimum Gasteiger partial charge on any atom is -0.350 e. The standard InChI is InChI=1S/C20H17ClN2O2/c21-16-8-6-15(7-9-16)20(10-11-20)13-22-19(24)18-12-17(23-25-18)14-4-2-1-3-5-14/h1-9,12H,10-11,13H2,(H,22,24). The van der Waals surface area contributed by atoms with Crippen molar-refractivity contribution >= 4 is 17.5 Å². The Balaban J connectivity index is 1.43. The fraction of sp³-hybridized carbons (Fsp3) is 0.200. The van der Waals surface area contributed by atoms with E-state index in [0.29, 0.717) is 12.2 Å². The number of carbonyl (C=O) groups excluding carboxylic acids is 1. The minimum atomic E-state index is -0.241. The van der Waals surface area contributed by atoms with Gasteiger partial charge in [-0.25, -0.2) is 0 Å². The van der Waals surface area contributed by atoms with Crippen molar-refractivity contribution in [3.63, 3.8) is 0 Å². The first-order valence-corrected chi connectivity index (χ1v) is 8.60. The van der Waals surface area contributed by atoms with Crippen LogP contribution < -0.4 is 5.32 Å². The van der Waals surface area contributed by atoms with Gasteiger partial charge in [0.05, 0.1) is 0 Å². The highest BCUT2D eigenvalue weighted by Gasteiger charge is 2.44. The summed E-state index contributed by atoms with van der Waals surface area (Å²) in [5.74, 6) is -0.0133. The van der Waals surface area contributed by atoms with E-state index in [2.05, 4.69) is 10.5 Å². The summed E-state index contributed by atoms with van der Waals surface area (Å²) in [6.07, 6.45) is 2.11. The third-order valence-electron chi connectivity index (χ3n) is 4.70. The molecule has 0 aliphatic heterocycles. The Morgan fingerprint density at radius 1 is 1.12 bits per heavy atom. The zero-order valence-electron chi connectivity index (χ0n) is 13.5. The second kappa shape index (κ2) is 6.37. The Kier molecular flexibility index (Phi) is 4.06. The quantitative estimate of drug-likeness (QED) is 0.737. The third kappa shape index (κ3) is 3.30. The lowest BCUT2D eigenvalue weighted by molar-refractivity contribution is 0.0913. The van der Waals surface area contributed by atoms with Gasteiger partial charge in [0.15, 0.2) is 0 Å². The predicted molar refractivity (Wildman–Crippen MR) is 96.6 cm³/mol. The van der Waals surface area contributed by atoms with Crippen LogP contribution in [0.3, 0.4) is 0 Å². The maximum Gasteiger partial charge on any atom is 0.289 e. The molecule has 3 aromatic rings. The van der Waals surface area contributed by atoms with Crippen molar-refractivity contribution in [3.05, 3.63) is 77.0 Å². The van der Waals surface area contributed by atoms with Gasteiger partial charge in [-0.15, -0.1) is 0 Å². The number of benzene rings is 2. The van der Waals surface area contributed by atoms with E-state index in [-0.39, 0.29) is 17.1 Å². The van der Waals surface area contributed by atoms with E-state index in [9.17, 15) is 4.79 Å².